The van der Waals surface area contributed by atoms with Gasteiger partial charge in [-0.3, -0.25) is 9.78 Å². The molecule has 0 bridgehead atoms. The summed E-state index contributed by atoms with van der Waals surface area (Å²) in [6.45, 7) is 4.61. The first-order chi connectivity index (χ1) is 10.2. The monoisotopic (exact) mass is 282 g/mol. The maximum Gasteiger partial charge on any atom is 0.219 e. The summed E-state index contributed by atoms with van der Waals surface area (Å²) in [4.78, 5) is 15.7. The third-order valence-corrected chi connectivity index (χ3v) is 3.62. The van der Waals surface area contributed by atoms with E-state index in [0.29, 0.717) is 13.0 Å². The lowest BCUT2D eigenvalue weighted by Crippen LogP contribution is -2.28. The van der Waals surface area contributed by atoms with E-state index in [1.165, 1.54) is 16.7 Å². The second kappa shape index (κ2) is 7.58. The minimum Gasteiger partial charge on any atom is -0.355 e. The number of aromatic nitrogens is 1. The smallest absolute Gasteiger partial charge is 0.219 e. The minimum absolute atomic E-state index is 0.0956. The van der Waals surface area contributed by atoms with E-state index in [4.69, 9.17) is 0 Å². The van der Waals surface area contributed by atoms with Crippen LogP contribution < -0.4 is 5.32 Å². The molecule has 0 radical (unpaired) electrons. The van der Waals surface area contributed by atoms with Crippen molar-refractivity contribution in [3.63, 3.8) is 0 Å². The number of benzene rings is 1. The van der Waals surface area contributed by atoms with Crippen LogP contribution in [0.15, 0.2) is 48.8 Å². The standard InChI is InChI=1S/C18H22N2O/c1-3-18(21)20-13-17(11-15-5-4-10-19-12-15)16-8-6-14(2)7-9-16/h4-10,12,17H,3,11,13H2,1-2H3,(H,20,21). The third kappa shape index (κ3) is 4.71. The maximum atomic E-state index is 11.5. The second-order valence-corrected chi connectivity index (χ2v) is 5.33. The van der Waals surface area contributed by atoms with Gasteiger partial charge in [0.05, 0.1) is 0 Å². The largest absolute Gasteiger partial charge is 0.355 e. The van der Waals surface area contributed by atoms with Crippen LogP contribution in [0.5, 0.6) is 0 Å². The molecule has 0 saturated carbocycles. The zero-order valence-electron chi connectivity index (χ0n) is 12.7. The highest BCUT2D eigenvalue weighted by atomic mass is 16.1. The molecule has 1 amide bonds. The van der Waals surface area contributed by atoms with Crippen LogP contribution in [0.1, 0.15) is 36.0 Å². The van der Waals surface area contributed by atoms with Gasteiger partial charge in [0.25, 0.3) is 0 Å². The summed E-state index contributed by atoms with van der Waals surface area (Å²) in [6.07, 6.45) is 5.07. The van der Waals surface area contributed by atoms with Crippen molar-refractivity contribution in [1.29, 1.82) is 0 Å². The van der Waals surface area contributed by atoms with Crippen LogP contribution in [0.4, 0.5) is 0 Å². The number of amides is 1. The molecule has 0 spiro atoms. The Morgan fingerprint density at radius 3 is 2.62 bits per heavy atom. The minimum atomic E-state index is 0.0956. The molecule has 1 N–H and O–H groups in total. The van der Waals surface area contributed by atoms with Crippen LogP contribution in [0.2, 0.25) is 0 Å². The lowest BCUT2D eigenvalue weighted by atomic mass is 9.92. The van der Waals surface area contributed by atoms with Crippen molar-refractivity contribution in [3.8, 4) is 0 Å². The summed E-state index contributed by atoms with van der Waals surface area (Å²) in [6, 6.07) is 12.6. The molecule has 3 nitrogen and oxygen atoms in total. The van der Waals surface area contributed by atoms with Crippen molar-refractivity contribution in [2.45, 2.75) is 32.6 Å². The molecule has 1 aromatic carbocycles. The van der Waals surface area contributed by atoms with E-state index in [-0.39, 0.29) is 11.8 Å². The van der Waals surface area contributed by atoms with Crippen molar-refractivity contribution in [1.82, 2.24) is 10.3 Å². The van der Waals surface area contributed by atoms with Gasteiger partial charge in [-0.05, 0) is 30.5 Å². The van der Waals surface area contributed by atoms with Crippen molar-refractivity contribution in [2.24, 2.45) is 0 Å². The third-order valence-electron chi connectivity index (χ3n) is 3.62. The van der Waals surface area contributed by atoms with Crippen LogP contribution in [0.25, 0.3) is 0 Å². The maximum absolute atomic E-state index is 11.5. The number of hydrogen-bond donors (Lipinski definition) is 1. The Bertz CT molecular complexity index is 564. The highest BCUT2D eigenvalue weighted by Crippen LogP contribution is 2.20. The molecule has 0 aliphatic heterocycles. The molecule has 2 aromatic rings. The molecule has 1 atom stereocenters. The quantitative estimate of drug-likeness (QED) is 0.883. The molecule has 110 valence electrons. The fraction of sp³-hybridized carbons (Fsp3) is 0.333. The Labute approximate surface area is 126 Å². The Hall–Kier alpha value is -2.16. The fourth-order valence-corrected chi connectivity index (χ4v) is 2.31. The SMILES string of the molecule is CCC(=O)NCC(Cc1cccnc1)c1ccc(C)cc1. The van der Waals surface area contributed by atoms with Crippen molar-refractivity contribution in [3.05, 3.63) is 65.5 Å². The van der Waals surface area contributed by atoms with E-state index in [2.05, 4.69) is 47.6 Å². The molecule has 3 heteroatoms. The summed E-state index contributed by atoms with van der Waals surface area (Å²) in [5.74, 6) is 0.364. The van der Waals surface area contributed by atoms with Gasteiger partial charge in [0.1, 0.15) is 0 Å². The van der Waals surface area contributed by atoms with Gasteiger partial charge in [-0.1, -0.05) is 42.8 Å². The zero-order valence-corrected chi connectivity index (χ0v) is 12.7. The molecule has 0 aliphatic rings. The number of aryl methyl sites for hydroxylation is 1. The van der Waals surface area contributed by atoms with E-state index in [0.717, 1.165) is 6.42 Å². The average Bonchev–Trinajstić information content (AvgIpc) is 2.53. The van der Waals surface area contributed by atoms with Gasteiger partial charge in [0, 0.05) is 31.3 Å². The van der Waals surface area contributed by atoms with Crippen LogP contribution in [-0.4, -0.2) is 17.4 Å². The first-order valence-corrected chi connectivity index (χ1v) is 7.41. The topological polar surface area (TPSA) is 42.0 Å². The van der Waals surface area contributed by atoms with E-state index in [9.17, 15) is 4.79 Å². The highest BCUT2D eigenvalue weighted by Gasteiger charge is 2.13. The summed E-state index contributed by atoms with van der Waals surface area (Å²) in [5.41, 5.74) is 3.69. The van der Waals surface area contributed by atoms with Gasteiger partial charge >= 0.3 is 0 Å². The van der Waals surface area contributed by atoms with E-state index in [1.807, 2.05) is 19.2 Å². The molecule has 0 saturated heterocycles. The number of nitrogens with zero attached hydrogens (tertiary/aromatic N) is 1. The Balaban J connectivity index is 2.13. The highest BCUT2D eigenvalue weighted by molar-refractivity contribution is 5.75. The van der Waals surface area contributed by atoms with E-state index >= 15 is 0 Å². The summed E-state index contributed by atoms with van der Waals surface area (Å²) < 4.78 is 0. The van der Waals surface area contributed by atoms with Crippen molar-refractivity contribution < 1.29 is 4.79 Å². The molecule has 0 aliphatic carbocycles. The summed E-state index contributed by atoms with van der Waals surface area (Å²) >= 11 is 0. The average molecular weight is 282 g/mol. The zero-order chi connectivity index (χ0) is 15.1. The van der Waals surface area contributed by atoms with E-state index in [1.54, 1.807) is 6.20 Å². The van der Waals surface area contributed by atoms with Crippen molar-refractivity contribution in [2.75, 3.05) is 6.54 Å². The van der Waals surface area contributed by atoms with Gasteiger partial charge in [-0.2, -0.15) is 0 Å². The number of carbonyl (C=O) groups excluding carboxylic acids is 1. The molecule has 21 heavy (non-hydrogen) atoms. The molecule has 1 aromatic heterocycles. The Morgan fingerprint density at radius 2 is 2.00 bits per heavy atom. The lowest BCUT2D eigenvalue weighted by Gasteiger charge is -2.18. The summed E-state index contributed by atoms with van der Waals surface area (Å²) in [7, 11) is 0. The number of hydrogen-bond acceptors (Lipinski definition) is 2. The van der Waals surface area contributed by atoms with Crippen LogP contribution in [0, 0.1) is 6.92 Å². The molecule has 1 heterocycles. The predicted molar refractivity (Wildman–Crippen MR) is 85.2 cm³/mol. The molecule has 0 fully saturated rings. The van der Waals surface area contributed by atoms with E-state index < -0.39 is 0 Å². The van der Waals surface area contributed by atoms with Gasteiger partial charge in [0.2, 0.25) is 5.91 Å². The fourth-order valence-electron chi connectivity index (χ4n) is 2.31. The first kappa shape index (κ1) is 15.2. The molecular weight excluding hydrogens is 260 g/mol. The second-order valence-electron chi connectivity index (χ2n) is 5.33. The molecular formula is C18H22N2O. The van der Waals surface area contributed by atoms with Crippen molar-refractivity contribution >= 4 is 5.91 Å². The lowest BCUT2D eigenvalue weighted by molar-refractivity contribution is -0.120. The van der Waals surface area contributed by atoms with Gasteiger partial charge in [-0.15, -0.1) is 0 Å². The molecule has 2 rings (SSSR count). The van der Waals surface area contributed by atoms with Crippen LogP contribution >= 0.6 is 0 Å². The van der Waals surface area contributed by atoms with Crippen LogP contribution in [0.3, 0.4) is 0 Å². The first-order valence-electron chi connectivity index (χ1n) is 7.41. The Morgan fingerprint density at radius 1 is 1.24 bits per heavy atom. The van der Waals surface area contributed by atoms with Crippen LogP contribution in [-0.2, 0) is 11.2 Å². The number of nitrogens with one attached hydrogen (secondary N) is 1. The summed E-state index contributed by atoms with van der Waals surface area (Å²) in [5, 5.41) is 3.01. The normalized spacial score (nSPS) is 11.9. The number of pyridine rings is 1. The molecule has 1 unspecified atom stereocenters. The van der Waals surface area contributed by atoms with Gasteiger partial charge in [0.15, 0.2) is 0 Å². The predicted octanol–water partition coefficient (Wildman–Crippen LogP) is 3.24. The van der Waals surface area contributed by atoms with Gasteiger partial charge in [-0.25, -0.2) is 0 Å². The Kier molecular flexibility index (Phi) is 5.50. The van der Waals surface area contributed by atoms with Gasteiger partial charge < -0.3 is 5.32 Å². The number of carbonyl (C=O) groups is 1. The number of rotatable bonds is 6.